The van der Waals surface area contributed by atoms with Crippen LogP contribution >= 0.6 is 0 Å². The second-order valence-electron chi connectivity index (χ2n) is 7.39. The normalized spacial score (nSPS) is 11.8. The molecule has 1 nitrogen and oxygen atoms in total. The predicted molar refractivity (Wildman–Crippen MR) is 129 cm³/mol. The summed E-state index contributed by atoms with van der Waals surface area (Å²) in [6, 6.07) is 42.6. The molecule has 0 unspecified atom stereocenters. The van der Waals surface area contributed by atoms with E-state index in [9.17, 15) is 0 Å². The Hall–Kier alpha value is -3.36. The van der Waals surface area contributed by atoms with Gasteiger partial charge >= 0.3 is 8.32 Å². The molecule has 0 amide bonds. The molecule has 4 aromatic rings. The van der Waals surface area contributed by atoms with Crippen LogP contribution in [0.15, 0.2) is 133 Å². The summed E-state index contributed by atoms with van der Waals surface area (Å²) < 4.78 is 7.02. The number of hydrogen-bond donors (Lipinski definition) is 0. The minimum atomic E-state index is -2.69. The maximum Gasteiger partial charge on any atom is 0.346 e. The van der Waals surface area contributed by atoms with Crippen molar-refractivity contribution in [2.45, 2.75) is 13.3 Å². The fourth-order valence-electron chi connectivity index (χ4n) is 3.85. The molecular formula is C28H26OSi. The molecule has 4 aromatic carbocycles. The summed E-state index contributed by atoms with van der Waals surface area (Å²) in [5.41, 5.74) is 1.28. The molecule has 0 fully saturated rings. The van der Waals surface area contributed by atoms with Gasteiger partial charge < -0.3 is 4.43 Å². The molecule has 0 saturated carbocycles. The van der Waals surface area contributed by atoms with Gasteiger partial charge in [-0.3, -0.25) is 0 Å². The van der Waals surface area contributed by atoms with Crippen LogP contribution in [0.1, 0.15) is 12.5 Å². The molecule has 0 spiro atoms. The summed E-state index contributed by atoms with van der Waals surface area (Å²) >= 11 is 0. The Morgan fingerprint density at radius 3 is 1.37 bits per heavy atom. The SMILES string of the molecule is C/C(=C/Cc1ccccc1)O[Si](c1ccccc1)(c1ccccc1)c1ccccc1. The van der Waals surface area contributed by atoms with E-state index < -0.39 is 8.32 Å². The summed E-state index contributed by atoms with van der Waals surface area (Å²) in [6.45, 7) is 2.08. The van der Waals surface area contributed by atoms with E-state index in [2.05, 4.69) is 134 Å². The molecule has 0 heterocycles. The van der Waals surface area contributed by atoms with Crippen molar-refractivity contribution in [3.63, 3.8) is 0 Å². The van der Waals surface area contributed by atoms with Crippen molar-refractivity contribution in [3.8, 4) is 0 Å². The van der Waals surface area contributed by atoms with Gasteiger partial charge in [-0.1, -0.05) is 121 Å². The van der Waals surface area contributed by atoms with Crippen LogP contribution in [-0.4, -0.2) is 8.32 Å². The molecular weight excluding hydrogens is 380 g/mol. The maximum absolute atomic E-state index is 7.02. The average molecular weight is 407 g/mol. The average Bonchev–Trinajstić information content (AvgIpc) is 2.83. The summed E-state index contributed by atoms with van der Waals surface area (Å²) in [5, 5.41) is 3.74. The van der Waals surface area contributed by atoms with E-state index in [1.807, 2.05) is 0 Å². The molecule has 0 atom stereocenters. The van der Waals surface area contributed by atoms with Gasteiger partial charge in [-0.15, -0.1) is 0 Å². The van der Waals surface area contributed by atoms with Crippen LogP contribution in [0.25, 0.3) is 0 Å². The van der Waals surface area contributed by atoms with Gasteiger partial charge in [-0.05, 0) is 40.5 Å². The summed E-state index contributed by atoms with van der Waals surface area (Å²) in [4.78, 5) is 0. The highest BCUT2D eigenvalue weighted by atomic mass is 28.4. The molecule has 0 aliphatic heterocycles. The highest BCUT2D eigenvalue weighted by Crippen LogP contribution is 2.15. The van der Waals surface area contributed by atoms with Crippen molar-refractivity contribution in [1.29, 1.82) is 0 Å². The highest BCUT2D eigenvalue weighted by molar-refractivity contribution is 7.07. The van der Waals surface area contributed by atoms with Gasteiger partial charge in [-0.25, -0.2) is 0 Å². The van der Waals surface area contributed by atoms with E-state index in [-0.39, 0.29) is 0 Å². The van der Waals surface area contributed by atoms with Gasteiger partial charge in [0.25, 0.3) is 0 Å². The standard InChI is InChI=1S/C28H26OSi/c1-24(22-23-25-14-6-2-7-15-25)29-30(26-16-8-3-9-17-26,27-18-10-4-11-19-27)28-20-12-5-13-21-28/h2-22H,23H2,1H3/b24-22-. The molecule has 148 valence electrons. The van der Waals surface area contributed by atoms with Gasteiger partial charge in [-0.2, -0.15) is 0 Å². The first-order valence-electron chi connectivity index (χ1n) is 10.4. The highest BCUT2D eigenvalue weighted by Gasteiger charge is 2.43. The third-order valence-electron chi connectivity index (χ3n) is 5.32. The topological polar surface area (TPSA) is 9.23 Å². The van der Waals surface area contributed by atoms with Crippen molar-refractivity contribution in [2.24, 2.45) is 0 Å². The lowest BCUT2D eigenvalue weighted by molar-refractivity contribution is 0.437. The van der Waals surface area contributed by atoms with Crippen LogP contribution in [0.5, 0.6) is 0 Å². The second kappa shape index (κ2) is 9.42. The van der Waals surface area contributed by atoms with Crippen molar-refractivity contribution in [1.82, 2.24) is 0 Å². The maximum atomic E-state index is 7.02. The Bertz CT molecular complexity index is 978. The van der Waals surface area contributed by atoms with E-state index in [0.29, 0.717) is 0 Å². The van der Waals surface area contributed by atoms with Crippen molar-refractivity contribution >= 4 is 23.9 Å². The van der Waals surface area contributed by atoms with E-state index in [1.165, 1.54) is 21.1 Å². The molecule has 0 aromatic heterocycles. The fraction of sp³-hybridized carbons (Fsp3) is 0.0714. The Kier molecular flexibility index (Phi) is 6.26. The number of benzene rings is 4. The minimum Gasteiger partial charge on any atom is -0.534 e. The second-order valence-corrected chi connectivity index (χ2v) is 10.7. The molecule has 4 rings (SSSR count). The summed E-state index contributed by atoms with van der Waals surface area (Å²) in [6.07, 6.45) is 3.06. The first-order chi connectivity index (χ1) is 14.8. The lowest BCUT2D eigenvalue weighted by Crippen LogP contribution is -2.69. The number of rotatable bonds is 7. The van der Waals surface area contributed by atoms with Crippen LogP contribution in [-0.2, 0) is 10.8 Å². The molecule has 0 N–H and O–H groups in total. The van der Waals surface area contributed by atoms with Gasteiger partial charge in [0.2, 0.25) is 0 Å². The van der Waals surface area contributed by atoms with E-state index in [4.69, 9.17) is 4.43 Å². The molecule has 2 heteroatoms. The van der Waals surface area contributed by atoms with Crippen molar-refractivity contribution in [2.75, 3.05) is 0 Å². The molecule has 0 aliphatic carbocycles. The van der Waals surface area contributed by atoms with E-state index in [1.54, 1.807) is 0 Å². The van der Waals surface area contributed by atoms with E-state index in [0.717, 1.165) is 12.2 Å². The molecule has 0 saturated heterocycles. The number of hydrogen-bond acceptors (Lipinski definition) is 1. The largest absolute Gasteiger partial charge is 0.534 e. The third kappa shape index (κ3) is 4.29. The van der Waals surface area contributed by atoms with Gasteiger partial charge in [0.05, 0.1) is 5.76 Å². The lowest BCUT2D eigenvalue weighted by Gasteiger charge is -2.34. The number of allylic oxidation sites excluding steroid dienone is 2. The zero-order valence-electron chi connectivity index (χ0n) is 17.2. The zero-order chi connectivity index (χ0) is 20.7. The van der Waals surface area contributed by atoms with Crippen molar-refractivity contribution in [3.05, 3.63) is 139 Å². The van der Waals surface area contributed by atoms with Crippen LogP contribution in [0, 0.1) is 0 Å². The Morgan fingerprint density at radius 1 is 0.600 bits per heavy atom. The van der Waals surface area contributed by atoms with Crippen LogP contribution in [0.3, 0.4) is 0 Å². The molecule has 30 heavy (non-hydrogen) atoms. The monoisotopic (exact) mass is 406 g/mol. The van der Waals surface area contributed by atoms with Gasteiger partial charge in [0, 0.05) is 0 Å². The third-order valence-corrected chi connectivity index (χ3v) is 9.39. The van der Waals surface area contributed by atoms with Gasteiger partial charge in [0.15, 0.2) is 0 Å². The Labute approximate surface area is 180 Å². The Balaban J connectivity index is 1.82. The van der Waals surface area contributed by atoms with E-state index >= 15 is 0 Å². The summed E-state index contributed by atoms with van der Waals surface area (Å²) in [7, 11) is -2.69. The first-order valence-corrected chi connectivity index (χ1v) is 12.3. The van der Waals surface area contributed by atoms with Crippen LogP contribution in [0.4, 0.5) is 0 Å². The molecule has 0 bridgehead atoms. The minimum absolute atomic E-state index is 0.857. The van der Waals surface area contributed by atoms with Crippen molar-refractivity contribution < 1.29 is 4.43 Å². The lowest BCUT2D eigenvalue weighted by atomic mass is 10.1. The zero-order valence-corrected chi connectivity index (χ0v) is 18.2. The van der Waals surface area contributed by atoms with Crippen LogP contribution < -0.4 is 15.6 Å². The first kappa shape index (κ1) is 19.9. The van der Waals surface area contributed by atoms with Crippen LogP contribution in [0.2, 0.25) is 0 Å². The molecule has 0 radical (unpaired) electrons. The predicted octanol–water partition coefficient (Wildman–Crippen LogP) is 4.82. The summed E-state index contributed by atoms with van der Waals surface area (Å²) in [5.74, 6) is 0.960. The fourth-order valence-corrected chi connectivity index (χ4v) is 7.76. The molecule has 0 aliphatic rings. The Morgan fingerprint density at radius 2 is 0.967 bits per heavy atom. The van der Waals surface area contributed by atoms with Gasteiger partial charge in [0.1, 0.15) is 0 Å². The quantitative estimate of drug-likeness (QED) is 0.243. The smallest absolute Gasteiger partial charge is 0.346 e.